The summed E-state index contributed by atoms with van der Waals surface area (Å²) < 4.78 is 5.19. The van der Waals surface area contributed by atoms with E-state index >= 15 is 0 Å². The molecule has 20 heavy (non-hydrogen) atoms. The van der Waals surface area contributed by atoms with Crippen LogP contribution in [0.2, 0.25) is 0 Å². The second-order valence-corrected chi connectivity index (χ2v) is 6.14. The lowest BCUT2D eigenvalue weighted by Crippen LogP contribution is -2.54. The zero-order valence-corrected chi connectivity index (χ0v) is 12.2. The average Bonchev–Trinajstić information content (AvgIpc) is 2.37. The molecular weight excluding hydrogens is 260 g/mol. The smallest absolute Gasteiger partial charge is 0.323 e. The molecule has 0 radical (unpaired) electrons. The Morgan fingerprint density at radius 2 is 1.90 bits per heavy atom. The first-order chi connectivity index (χ1) is 9.47. The maximum absolute atomic E-state index is 12.4. The Morgan fingerprint density at radius 3 is 2.50 bits per heavy atom. The molecule has 2 heterocycles. The zero-order valence-electron chi connectivity index (χ0n) is 12.2. The number of nitrogens with zero attached hydrogens (tertiary/aromatic N) is 2. The molecule has 3 atom stereocenters. The number of morpholine rings is 1. The van der Waals surface area contributed by atoms with Crippen molar-refractivity contribution in [1.29, 1.82) is 0 Å². The third-order valence-corrected chi connectivity index (χ3v) is 4.08. The lowest BCUT2D eigenvalue weighted by atomic mass is 9.92. The maximum atomic E-state index is 12.4. The van der Waals surface area contributed by atoms with Crippen molar-refractivity contribution < 1.29 is 19.4 Å². The minimum absolute atomic E-state index is 0.0385. The molecular formula is C14H24N2O4. The third kappa shape index (κ3) is 3.70. The molecule has 0 bridgehead atoms. The number of likely N-dealkylation sites (tertiary alicyclic amines) is 1. The number of carboxylic acids is 1. The lowest BCUT2D eigenvalue weighted by Gasteiger charge is -2.38. The molecule has 6 nitrogen and oxygen atoms in total. The van der Waals surface area contributed by atoms with Crippen LogP contribution in [0.25, 0.3) is 0 Å². The van der Waals surface area contributed by atoms with Gasteiger partial charge in [0.1, 0.15) is 6.04 Å². The van der Waals surface area contributed by atoms with Gasteiger partial charge < -0.3 is 14.7 Å². The zero-order chi connectivity index (χ0) is 14.7. The van der Waals surface area contributed by atoms with Crippen LogP contribution in [-0.2, 0) is 14.3 Å². The molecule has 2 saturated heterocycles. The van der Waals surface area contributed by atoms with Crippen molar-refractivity contribution in [2.24, 2.45) is 11.8 Å². The van der Waals surface area contributed by atoms with Gasteiger partial charge in [0.2, 0.25) is 5.91 Å². The molecule has 0 aliphatic carbocycles. The highest BCUT2D eigenvalue weighted by Gasteiger charge is 2.33. The second-order valence-electron chi connectivity index (χ2n) is 6.14. The van der Waals surface area contributed by atoms with Gasteiger partial charge in [-0.2, -0.15) is 0 Å². The fourth-order valence-corrected chi connectivity index (χ4v) is 3.20. The van der Waals surface area contributed by atoms with E-state index in [1.165, 1.54) is 0 Å². The number of carboxylic acid groups (broad SMARTS) is 1. The van der Waals surface area contributed by atoms with Crippen molar-refractivity contribution in [1.82, 2.24) is 9.80 Å². The Balaban J connectivity index is 1.94. The second kappa shape index (κ2) is 6.54. The monoisotopic (exact) mass is 284 g/mol. The van der Waals surface area contributed by atoms with E-state index in [1.807, 2.05) is 4.90 Å². The first-order valence-corrected chi connectivity index (χ1v) is 7.29. The lowest BCUT2D eigenvalue weighted by molar-refractivity contribution is -0.152. The summed E-state index contributed by atoms with van der Waals surface area (Å²) in [6.45, 7) is 7.21. The normalized spacial score (nSPS) is 32.1. The summed E-state index contributed by atoms with van der Waals surface area (Å²) in [7, 11) is 0. The van der Waals surface area contributed by atoms with Crippen LogP contribution in [0.1, 0.15) is 20.3 Å². The predicted molar refractivity (Wildman–Crippen MR) is 73.3 cm³/mol. The quantitative estimate of drug-likeness (QED) is 0.806. The molecule has 2 fully saturated rings. The molecule has 0 aromatic carbocycles. The van der Waals surface area contributed by atoms with E-state index in [9.17, 15) is 9.59 Å². The van der Waals surface area contributed by atoms with E-state index in [1.54, 1.807) is 4.90 Å². The molecule has 1 N–H and O–H groups in total. The molecule has 2 aliphatic rings. The highest BCUT2D eigenvalue weighted by Crippen LogP contribution is 2.21. The average molecular weight is 284 g/mol. The Bertz CT molecular complexity index is 364. The number of rotatable bonds is 3. The van der Waals surface area contributed by atoms with Gasteiger partial charge in [0.15, 0.2) is 0 Å². The van der Waals surface area contributed by atoms with Crippen LogP contribution >= 0.6 is 0 Å². The van der Waals surface area contributed by atoms with Gasteiger partial charge in [-0.3, -0.25) is 14.5 Å². The number of carbonyl (C=O) groups excluding carboxylic acids is 1. The van der Waals surface area contributed by atoms with Crippen molar-refractivity contribution in [3.05, 3.63) is 0 Å². The molecule has 0 spiro atoms. The van der Waals surface area contributed by atoms with Gasteiger partial charge in [0, 0.05) is 19.6 Å². The Labute approximate surface area is 119 Å². The number of carbonyl (C=O) groups is 2. The fourth-order valence-electron chi connectivity index (χ4n) is 3.20. The van der Waals surface area contributed by atoms with Crippen LogP contribution in [0.3, 0.4) is 0 Å². The molecule has 114 valence electrons. The number of hydrogen-bond donors (Lipinski definition) is 1. The molecule has 0 saturated carbocycles. The summed E-state index contributed by atoms with van der Waals surface area (Å²) in [4.78, 5) is 27.2. The Kier molecular flexibility index (Phi) is 4.99. The molecule has 0 aromatic rings. The van der Waals surface area contributed by atoms with Crippen molar-refractivity contribution in [3.8, 4) is 0 Å². The summed E-state index contributed by atoms with van der Waals surface area (Å²) >= 11 is 0. The van der Waals surface area contributed by atoms with Gasteiger partial charge in [-0.25, -0.2) is 0 Å². The van der Waals surface area contributed by atoms with Crippen molar-refractivity contribution >= 4 is 11.9 Å². The number of hydrogen-bond acceptors (Lipinski definition) is 4. The molecule has 6 heteroatoms. The minimum atomic E-state index is -0.919. The highest BCUT2D eigenvalue weighted by atomic mass is 16.5. The minimum Gasteiger partial charge on any atom is -0.480 e. The fraction of sp³-hybridized carbons (Fsp3) is 0.857. The summed E-state index contributed by atoms with van der Waals surface area (Å²) in [6, 6.07) is -0.702. The van der Waals surface area contributed by atoms with Crippen LogP contribution in [0.4, 0.5) is 0 Å². The van der Waals surface area contributed by atoms with Crippen LogP contribution in [0, 0.1) is 11.8 Å². The van der Waals surface area contributed by atoms with Crippen molar-refractivity contribution in [3.63, 3.8) is 0 Å². The van der Waals surface area contributed by atoms with Crippen molar-refractivity contribution in [2.45, 2.75) is 26.3 Å². The Hall–Kier alpha value is -1.14. The number of amides is 1. The van der Waals surface area contributed by atoms with Gasteiger partial charge >= 0.3 is 5.97 Å². The first-order valence-electron chi connectivity index (χ1n) is 7.29. The first kappa shape index (κ1) is 15.3. The summed E-state index contributed by atoms with van der Waals surface area (Å²) in [6.07, 6.45) is 1.15. The third-order valence-electron chi connectivity index (χ3n) is 4.08. The highest BCUT2D eigenvalue weighted by molar-refractivity contribution is 5.80. The predicted octanol–water partition coefficient (Wildman–Crippen LogP) is 0.276. The topological polar surface area (TPSA) is 70.1 Å². The molecule has 3 unspecified atom stereocenters. The molecule has 2 rings (SSSR count). The van der Waals surface area contributed by atoms with Crippen LogP contribution in [0.5, 0.6) is 0 Å². The van der Waals surface area contributed by atoms with E-state index in [-0.39, 0.29) is 19.1 Å². The summed E-state index contributed by atoms with van der Waals surface area (Å²) in [5.41, 5.74) is 0. The van der Waals surface area contributed by atoms with E-state index in [0.717, 1.165) is 19.5 Å². The van der Waals surface area contributed by atoms with Crippen LogP contribution in [-0.4, -0.2) is 72.2 Å². The van der Waals surface area contributed by atoms with Crippen LogP contribution < -0.4 is 0 Å². The SMILES string of the molecule is CC1CC(C)CN(C(=O)CN2CCOCC2C(=O)O)C1. The van der Waals surface area contributed by atoms with Gasteiger partial charge in [-0.1, -0.05) is 13.8 Å². The van der Waals surface area contributed by atoms with Gasteiger partial charge in [0.05, 0.1) is 19.8 Å². The largest absolute Gasteiger partial charge is 0.480 e. The molecule has 1 amide bonds. The number of piperidine rings is 1. The van der Waals surface area contributed by atoms with Crippen molar-refractivity contribution in [2.75, 3.05) is 39.4 Å². The van der Waals surface area contributed by atoms with Crippen LogP contribution in [0.15, 0.2) is 0 Å². The van der Waals surface area contributed by atoms with E-state index in [4.69, 9.17) is 9.84 Å². The molecule has 0 aromatic heterocycles. The van der Waals surface area contributed by atoms with E-state index < -0.39 is 12.0 Å². The standard InChI is InChI=1S/C14H24N2O4/c1-10-5-11(2)7-16(6-10)13(17)8-15-3-4-20-9-12(15)14(18)19/h10-12H,3-9H2,1-2H3,(H,18,19). The van der Waals surface area contributed by atoms with E-state index in [2.05, 4.69) is 13.8 Å². The summed E-state index contributed by atoms with van der Waals surface area (Å²) in [5.74, 6) is 0.153. The van der Waals surface area contributed by atoms with Gasteiger partial charge in [-0.05, 0) is 18.3 Å². The van der Waals surface area contributed by atoms with E-state index in [0.29, 0.717) is 25.0 Å². The summed E-state index contributed by atoms with van der Waals surface area (Å²) in [5, 5.41) is 9.17. The van der Waals surface area contributed by atoms with Gasteiger partial charge in [0.25, 0.3) is 0 Å². The maximum Gasteiger partial charge on any atom is 0.323 e. The number of ether oxygens (including phenoxy) is 1. The molecule has 2 aliphatic heterocycles. The number of aliphatic carboxylic acids is 1. The van der Waals surface area contributed by atoms with Gasteiger partial charge in [-0.15, -0.1) is 0 Å². The Morgan fingerprint density at radius 1 is 1.25 bits per heavy atom.